The predicted octanol–water partition coefficient (Wildman–Crippen LogP) is 22.9. The number of ketones is 1. The Morgan fingerprint density at radius 3 is 0.735 bits per heavy atom. The zero-order chi connectivity index (χ0) is 61.7. The van der Waals surface area contributed by atoms with Crippen molar-refractivity contribution in [1.82, 2.24) is 0 Å². The number of aliphatic hydroxyl groups excluding tert-OH is 1. The van der Waals surface area contributed by atoms with Crippen molar-refractivity contribution in [3.8, 4) is 34.5 Å². The summed E-state index contributed by atoms with van der Waals surface area (Å²) in [5.41, 5.74) is 0.792. The van der Waals surface area contributed by atoms with Crippen molar-refractivity contribution in [3.63, 3.8) is 0 Å². The second kappa shape index (κ2) is 44.0. The number of ether oxygens (including phenoxy) is 6. The lowest BCUT2D eigenvalue weighted by atomic mass is 9.97. The summed E-state index contributed by atoms with van der Waals surface area (Å²) < 4.78 is 40.4. The average molecular weight is 1160 g/mol. The summed E-state index contributed by atoms with van der Waals surface area (Å²) in [4.78, 5) is 14.8. The lowest BCUT2D eigenvalue weighted by Gasteiger charge is -2.21. The summed E-state index contributed by atoms with van der Waals surface area (Å²) in [6.45, 7) is 44.3. The first-order chi connectivity index (χ1) is 39.4. The van der Waals surface area contributed by atoms with Crippen molar-refractivity contribution in [2.24, 2.45) is 71.0 Å². The highest BCUT2D eigenvalue weighted by Gasteiger charge is 2.23. The molecule has 8 heteroatoms. The predicted molar refractivity (Wildman–Crippen MR) is 356 cm³/mol. The second-order valence-electron chi connectivity index (χ2n) is 28.9. The lowest BCUT2D eigenvalue weighted by molar-refractivity contribution is 0.104. The Kier molecular flexibility index (Phi) is 40.0. The summed E-state index contributed by atoms with van der Waals surface area (Å²) in [5.74, 6) is 9.73. The van der Waals surface area contributed by atoms with Gasteiger partial charge in [0.15, 0.2) is 28.8 Å². The third-order valence-electron chi connectivity index (χ3n) is 16.9. The van der Waals surface area contributed by atoms with Gasteiger partial charge in [-0.1, -0.05) is 240 Å². The SMILES string of the molecule is CC(C)CCC[C@@H](C)CCOc1cc(C(=O)/C=C(\O)c2cc(OCC[C@H](C)CCCC(C)C)c(OCC[C@H](C)CCCC(C)C)c(OCC[C@H](C)CCCC(C)C)c2)cc(OCC[C@H](C)CCCC(C)C)c1OCC[C@H](C)CCCC(C)C. The van der Waals surface area contributed by atoms with Crippen LogP contribution in [0, 0.1) is 71.0 Å². The molecule has 8 nitrogen and oxygen atoms in total. The molecule has 0 spiro atoms. The number of carbonyl (C=O) groups is 1. The first kappa shape index (κ1) is 75.5. The summed E-state index contributed by atoms with van der Waals surface area (Å²) >= 11 is 0. The summed E-state index contributed by atoms with van der Waals surface area (Å²) in [6, 6.07) is 7.26. The van der Waals surface area contributed by atoms with Crippen molar-refractivity contribution < 1.29 is 38.3 Å². The fourth-order valence-electron chi connectivity index (χ4n) is 10.8. The maximum atomic E-state index is 14.8. The van der Waals surface area contributed by atoms with Gasteiger partial charge in [-0.3, -0.25) is 4.79 Å². The number of hydrogen-bond donors (Lipinski definition) is 1. The molecule has 0 unspecified atom stereocenters. The molecule has 0 fully saturated rings. The topological polar surface area (TPSA) is 92.7 Å². The maximum Gasteiger partial charge on any atom is 0.203 e. The Hall–Kier alpha value is -3.55. The molecule has 0 aliphatic rings. The van der Waals surface area contributed by atoms with E-state index in [1.807, 2.05) is 12.1 Å². The smallest absolute Gasteiger partial charge is 0.203 e. The first-order valence-corrected chi connectivity index (χ1v) is 34.5. The van der Waals surface area contributed by atoms with Crippen LogP contribution in [0.2, 0.25) is 0 Å². The molecule has 0 aliphatic heterocycles. The molecule has 6 atom stereocenters. The van der Waals surface area contributed by atoms with Crippen molar-refractivity contribution in [2.75, 3.05) is 39.6 Å². The molecule has 480 valence electrons. The maximum absolute atomic E-state index is 14.8. The van der Waals surface area contributed by atoms with E-state index < -0.39 is 0 Å². The molecule has 0 saturated heterocycles. The van der Waals surface area contributed by atoms with Gasteiger partial charge in [-0.15, -0.1) is 0 Å². The highest BCUT2D eigenvalue weighted by molar-refractivity contribution is 6.08. The minimum absolute atomic E-state index is 0.179. The van der Waals surface area contributed by atoms with E-state index in [1.54, 1.807) is 12.1 Å². The largest absolute Gasteiger partial charge is 0.507 e. The number of aliphatic hydroxyl groups is 1. The van der Waals surface area contributed by atoms with Gasteiger partial charge in [-0.2, -0.15) is 0 Å². The van der Waals surface area contributed by atoms with Crippen LogP contribution in [0.15, 0.2) is 30.3 Å². The quantitative estimate of drug-likeness (QED) is 0.0398. The molecule has 0 heterocycles. The lowest BCUT2D eigenvalue weighted by Crippen LogP contribution is -2.12. The van der Waals surface area contributed by atoms with Crippen molar-refractivity contribution in [3.05, 3.63) is 41.5 Å². The molecule has 0 aliphatic carbocycles. The van der Waals surface area contributed by atoms with E-state index in [2.05, 4.69) is 125 Å². The molecule has 0 saturated carbocycles. The van der Waals surface area contributed by atoms with Crippen LogP contribution in [0.1, 0.15) is 295 Å². The minimum Gasteiger partial charge on any atom is -0.507 e. The van der Waals surface area contributed by atoms with Gasteiger partial charge in [0.05, 0.1) is 39.6 Å². The van der Waals surface area contributed by atoms with Gasteiger partial charge in [0.1, 0.15) is 5.76 Å². The normalized spacial score (nSPS) is 14.4. The Morgan fingerprint density at radius 2 is 0.518 bits per heavy atom. The van der Waals surface area contributed by atoms with E-state index >= 15 is 0 Å². The zero-order valence-corrected chi connectivity index (χ0v) is 57.3. The van der Waals surface area contributed by atoms with E-state index in [4.69, 9.17) is 28.4 Å². The molecule has 1 N–H and O–H groups in total. The molecule has 2 aromatic carbocycles. The number of rotatable bonds is 51. The molecule has 2 rings (SSSR count). The molecular formula is C75H132O8. The van der Waals surface area contributed by atoms with E-state index in [0.717, 1.165) is 77.0 Å². The van der Waals surface area contributed by atoms with Crippen molar-refractivity contribution >= 4 is 11.5 Å². The second-order valence-corrected chi connectivity index (χ2v) is 28.9. The van der Waals surface area contributed by atoms with Gasteiger partial charge < -0.3 is 33.5 Å². The van der Waals surface area contributed by atoms with Crippen LogP contribution >= 0.6 is 0 Å². The van der Waals surface area contributed by atoms with Gasteiger partial charge in [-0.25, -0.2) is 0 Å². The third-order valence-corrected chi connectivity index (χ3v) is 16.9. The van der Waals surface area contributed by atoms with Gasteiger partial charge in [0.2, 0.25) is 11.5 Å². The number of hydrogen-bond acceptors (Lipinski definition) is 8. The number of carbonyl (C=O) groups excluding carboxylic acids is 1. The highest BCUT2D eigenvalue weighted by atomic mass is 16.5. The molecule has 0 aromatic heterocycles. The fraction of sp³-hybridized carbons (Fsp3) is 0.800. The van der Waals surface area contributed by atoms with Crippen molar-refractivity contribution in [1.29, 1.82) is 0 Å². The van der Waals surface area contributed by atoms with Crippen LogP contribution in [0.3, 0.4) is 0 Å². The van der Waals surface area contributed by atoms with E-state index in [-0.39, 0.29) is 11.5 Å². The number of benzene rings is 2. The van der Waals surface area contributed by atoms with Gasteiger partial charge in [0.25, 0.3) is 0 Å². The Bertz CT molecular complexity index is 1900. The van der Waals surface area contributed by atoms with Gasteiger partial charge in [0, 0.05) is 17.2 Å². The average Bonchev–Trinajstić information content (AvgIpc) is 3.47. The van der Waals surface area contributed by atoms with Gasteiger partial charge >= 0.3 is 0 Å². The van der Waals surface area contributed by atoms with E-state index in [0.29, 0.717) is 156 Å². The van der Waals surface area contributed by atoms with E-state index in [1.165, 1.54) is 83.1 Å². The summed E-state index contributed by atoms with van der Waals surface area (Å²) in [6.07, 6.45) is 28.1. The Labute approximate surface area is 512 Å². The zero-order valence-electron chi connectivity index (χ0n) is 57.3. The summed E-state index contributed by atoms with van der Waals surface area (Å²) in [7, 11) is 0. The van der Waals surface area contributed by atoms with Crippen LogP contribution < -0.4 is 28.4 Å². The van der Waals surface area contributed by atoms with E-state index in [9.17, 15) is 9.90 Å². The fourth-order valence-corrected chi connectivity index (χ4v) is 10.8. The van der Waals surface area contributed by atoms with Crippen LogP contribution in [0.25, 0.3) is 5.76 Å². The molecule has 83 heavy (non-hydrogen) atoms. The summed E-state index contributed by atoms with van der Waals surface area (Å²) in [5, 5.41) is 12.2. The molecule has 2 aromatic rings. The third kappa shape index (κ3) is 36.3. The Balaban J connectivity index is 2.76. The van der Waals surface area contributed by atoms with Gasteiger partial charge in [-0.05, 0) is 134 Å². The molecule has 0 bridgehead atoms. The monoisotopic (exact) mass is 1160 g/mol. The van der Waals surface area contributed by atoms with Crippen molar-refractivity contribution in [2.45, 2.75) is 279 Å². The number of allylic oxidation sites excluding steroid dienone is 1. The van der Waals surface area contributed by atoms with Crippen LogP contribution in [0.5, 0.6) is 34.5 Å². The minimum atomic E-state index is -0.367. The Morgan fingerprint density at radius 1 is 0.313 bits per heavy atom. The molecule has 0 amide bonds. The molecular weight excluding hydrogens is 1030 g/mol. The van der Waals surface area contributed by atoms with Crippen LogP contribution in [-0.2, 0) is 0 Å². The standard InChI is InChI=1S/C75H132O8/c1-54(2)25-19-31-60(13)37-43-78-70-49-66(50-71(79-44-38-61(14)32-20-26-55(3)4)74(70)82-47-41-64(17)35-23-29-58(9)10)68(76)53-69(77)67-51-72(80-45-39-62(15)33-21-27-56(5)6)75(83-48-42-65(18)36-24-30-59(11)12)73(52-67)81-46-40-63(16)34-22-28-57(7)8/h49-65,76H,19-48H2,1-18H3/b68-53-/t60-,61-,62-,63-,64-,65-/m1/s1. The highest BCUT2D eigenvalue weighted by Crippen LogP contribution is 2.43. The molecule has 0 radical (unpaired) electrons. The van der Waals surface area contributed by atoms with Crippen LogP contribution in [-0.4, -0.2) is 50.5 Å². The first-order valence-electron chi connectivity index (χ1n) is 34.5. The van der Waals surface area contributed by atoms with Crippen LogP contribution in [0.4, 0.5) is 0 Å².